The van der Waals surface area contributed by atoms with Crippen LogP contribution in [0.1, 0.15) is 12.8 Å². The van der Waals surface area contributed by atoms with Gasteiger partial charge in [-0.3, -0.25) is 4.79 Å². The van der Waals surface area contributed by atoms with Gasteiger partial charge in [0.05, 0.1) is 16.1 Å². The fraction of sp³-hybridized carbons (Fsp3) is 0.200. The highest BCUT2D eigenvalue weighted by atomic mass is 35.5. The molecule has 0 bridgehead atoms. The van der Waals surface area contributed by atoms with Crippen LogP contribution in [0.5, 0.6) is 0 Å². The van der Waals surface area contributed by atoms with Crippen molar-refractivity contribution < 1.29 is 4.79 Å². The van der Waals surface area contributed by atoms with Crippen LogP contribution in [0, 0.1) is 11.3 Å². The minimum absolute atomic E-state index is 0.177. The maximum atomic E-state index is 11.2. The van der Waals surface area contributed by atoms with E-state index >= 15 is 0 Å². The fourth-order valence-electron chi connectivity index (χ4n) is 0.967. The number of nitriles is 1. The molecule has 1 aromatic carbocycles. The zero-order valence-electron chi connectivity index (χ0n) is 7.76. The molecule has 0 heterocycles. The van der Waals surface area contributed by atoms with Gasteiger partial charge in [-0.05, 0) is 18.2 Å². The number of halogens is 2. The molecule has 0 atom stereocenters. The number of amides is 1. The molecular formula is C10H8Cl2N2O. The van der Waals surface area contributed by atoms with Crippen molar-refractivity contribution in [1.29, 1.82) is 5.26 Å². The van der Waals surface area contributed by atoms with Crippen LogP contribution < -0.4 is 5.32 Å². The van der Waals surface area contributed by atoms with E-state index in [9.17, 15) is 4.79 Å². The molecule has 0 unspecified atom stereocenters. The zero-order chi connectivity index (χ0) is 11.3. The van der Waals surface area contributed by atoms with Gasteiger partial charge in [-0.1, -0.05) is 23.2 Å². The van der Waals surface area contributed by atoms with Gasteiger partial charge in [0.1, 0.15) is 0 Å². The highest BCUT2D eigenvalue weighted by Gasteiger charge is 2.03. The quantitative estimate of drug-likeness (QED) is 0.885. The van der Waals surface area contributed by atoms with E-state index in [2.05, 4.69) is 5.32 Å². The SMILES string of the molecule is N#CCCC(=O)Nc1ccc(Cl)c(Cl)c1. The summed E-state index contributed by atoms with van der Waals surface area (Å²) in [6, 6.07) is 6.71. The lowest BCUT2D eigenvalue weighted by Crippen LogP contribution is -2.10. The number of nitrogens with zero attached hydrogens (tertiary/aromatic N) is 1. The lowest BCUT2D eigenvalue weighted by atomic mass is 10.3. The van der Waals surface area contributed by atoms with Crippen molar-refractivity contribution in [3.63, 3.8) is 0 Å². The van der Waals surface area contributed by atoms with Crippen LogP contribution in [0.3, 0.4) is 0 Å². The molecule has 0 saturated carbocycles. The second-order valence-corrected chi connectivity index (χ2v) is 3.65. The number of carbonyl (C=O) groups excluding carboxylic acids is 1. The predicted octanol–water partition coefficient (Wildman–Crippen LogP) is 3.24. The monoisotopic (exact) mass is 242 g/mol. The van der Waals surface area contributed by atoms with Crippen LogP contribution in [0.15, 0.2) is 18.2 Å². The average Bonchev–Trinajstić information content (AvgIpc) is 2.20. The minimum Gasteiger partial charge on any atom is -0.326 e. The van der Waals surface area contributed by atoms with Gasteiger partial charge in [-0.2, -0.15) is 5.26 Å². The van der Waals surface area contributed by atoms with Crippen LogP contribution in [-0.4, -0.2) is 5.91 Å². The van der Waals surface area contributed by atoms with Gasteiger partial charge in [0.25, 0.3) is 0 Å². The standard InChI is InChI=1S/C10H8Cl2N2O/c11-8-4-3-7(6-9(8)12)14-10(15)2-1-5-13/h3-4,6H,1-2H2,(H,14,15). The number of hydrogen-bond donors (Lipinski definition) is 1. The summed E-state index contributed by atoms with van der Waals surface area (Å²) in [7, 11) is 0. The maximum Gasteiger partial charge on any atom is 0.225 e. The molecule has 1 N–H and O–H groups in total. The molecule has 15 heavy (non-hydrogen) atoms. The molecular weight excluding hydrogens is 235 g/mol. The molecule has 0 aliphatic heterocycles. The largest absolute Gasteiger partial charge is 0.326 e. The Kier molecular flexibility index (Phi) is 4.41. The Morgan fingerprint density at radius 3 is 2.73 bits per heavy atom. The number of anilines is 1. The fourth-order valence-corrected chi connectivity index (χ4v) is 1.26. The highest BCUT2D eigenvalue weighted by Crippen LogP contribution is 2.24. The third kappa shape index (κ3) is 3.78. The topological polar surface area (TPSA) is 52.9 Å². The van der Waals surface area contributed by atoms with E-state index in [4.69, 9.17) is 28.5 Å². The van der Waals surface area contributed by atoms with Crippen molar-refractivity contribution in [1.82, 2.24) is 0 Å². The van der Waals surface area contributed by atoms with Crippen LogP contribution >= 0.6 is 23.2 Å². The molecule has 3 nitrogen and oxygen atoms in total. The molecule has 78 valence electrons. The van der Waals surface area contributed by atoms with E-state index in [-0.39, 0.29) is 18.7 Å². The van der Waals surface area contributed by atoms with Crippen LogP contribution in [0.4, 0.5) is 5.69 Å². The van der Waals surface area contributed by atoms with Crippen LogP contribution in [-0.2, 0) is 4.79 Å². The second kappa shape index (κ2) is 5.59. The molecule has 0 spiro atoms. The third-order valence-corrected chi connectivity index (χ3v) is 2.41. The molecule has 1 aromatic rings. The van der Waals surface area contributed by atoms with Gasteiger partial charge in [-0.15, -0.1) is 0 Å². The van der Waals surface area contributed by atoms with Gasteiger partial charge in [0.15, 0.2) is 0 Å². The van der Waals surface area contributed by atoms with E-state index < -0.39 is 0 Å². The molecule has 0 aliphatic carbocycles. The van der Waals surface area contributed by atoms with Gasteiger partial charge in [-0.25, -0.2) is 0 Å². The summed E-state index contributed by atoms with van der Waals surface area (Å²) >= 11 is 11.5. The van der Waals surface area contributed by atoms with Crippen molar-refractivity contribution in [2.24, 2.45) is 0 Å². The number of benzene rings is 1. The van der Waals surface area contributed by atoms with E-state index in [1.165, 1.54) is 0 Å². The van der Waals surface area contributed by atoms with Crippen molar-refractivity contribution in [3.8, 4) is 6.07 Å². The first kappa shape index (κ1) is 11.8. The molecule has 0 aromatic heterocycles. The van der Waals surface area contributed by atoms with Crippen molar-refractivity contribution >= 4 is 34.8 Å². The van der Waals surface area contributed by atoms with E-state index in [1.54, 1.807) is 18.2 Å². The summed E-state index contributed by atoms with van der Waals surface area (Å²) in [5.74, 6) is -0.213. The third-order valence-electron chi connectivity index (χ3n) is 1.67. The first-order valence-electron chi connectivity index (χ1n) is 4.25. The summed E-state index contributed by atoms with van der Waals surface area (Å²) in [5, 5.41) is 11.7. The lowest BCUT2D eigenvalue weighted by molar-refractivity contribution is -0.116. The van der Waals surface area contributed by atoms with E-state index in [0.29, 0.717) is 15.7 Å². The van der Waals surface area contributed by atoms with Crippen molar-refractivity contribution in [3.05, 3.63) is 28.2 Å². The summed E-state index contributed by atoms with van der Waals surface area (Å²) in [6.07, 6.45) is 0.379. The van der Waals surface area contributed by atoms with Gasteiger partial charge < -0.3 is 5.32 Å². The van der Waals surface area contributed by atoms with Gasteiger partial charge in [0.2, 0.25) is 5.91 Å². The number of carbonyl (C=O) groups is 1. The van der Waals surface area contributed by atoms with Gasteiger partial charge in [0, 0.05) is 18.5 Å². The van der Waals surface area contributed by atoms with Crippen LogP contribution in [0.2, 0.25) is 10.0 Å². The Labute approximate surface area is 97.6 Å². The Bertz CT molecular complexity index is 412. The lowest BCUT2D eigenvalue weighted by Gasteiger charge is -2.04. The minimum atomic E-state index is -0.213. The summed E-state index contributed by atoms with van der Waals surface area (Å²) in [4.78, 5) is 11.2. The van der Waals surface area contributed by atoms with Crippen LogP contribution in [0.25, 0.3) is 0 Å². The number of rotatable bonds is 3. The molecule has 0 radical (unpaired) electrons. The maximum absolute atomic E-state index is 11.2. The van der Waals surface area contributed by atoms with E-state index in [1.807, 2.05) is 6.07 Å². The summed E-state index contributed by atoms with van der Waals surface area (Å²) < 4.78 is 0. The first-order chi connectivity index (χ1) is 7.13. The van der Waals surface area contributed by atoms with E-state index in [0.717, 1.165) is 0 Å². The normalized spacial score (nSPS) is 9.40. The second-order valence-electron chi connectivity index (χ2n) is 2.84. The van der Waals surface area contributed by atoms with Gasteiger partial charge >= 0.3 is 0 Å². The predicted molar refractivity (Wildman–Crippen MR) is 59.9 cm³/mol. The Morgan fingerprint density at radius 2 is 2.13 bits per heavy atom. The Balaban J connectivity index is 2.62. The summed E-state index contributed by atoms with van der Waals surface area (Å²) in [5.41, 5.74) is 0.576. The summed E-state index contributed by atoms with van der Waals surface area (Å²) in [6.45, 7) is 0. The van der Waals surface area contributed by atoms with Crippen molar-refractivity contribution in [2.75, 3.05) is 5.32 Å². The average molecular weight is 243 g/mol. The Morgan fingerprint density at radius 1 is 1.40 bits per heavy atom. The smallest absolute Gasteiger partial charge is 0.225 e. The molecule has 5 heteroatoms. The highest BCUT2D eigenvalue weighted by molar-refractivity contribution is 6.42. The first-order valence-corrected chi connectivity index (χ1v) is 5.01. The van der Waals surface area contributed by atoms with Crippen molar-refractivity contribution in [2.45, 2.75) is 12.8 Å². The Hall–Kier alpha value is -1.24. The number of nitrogens with one attached hydrogen (secondary N) is 1. The molecule has 1 amide bonds. The number of hydrogen-bond acceptors (Lipinski definition) is 2. The molecule has 0 aliphatic rings. The molecule has 0 fully saturated rings. The molecule has 1 rings (SSSR count). The molecule has 0 saturated heterocycles. The zero-order valence-corrected chi connectivity index (χ0v) is 9.27.